The monoisotopic (exact) mass is 392 g/mol. The molecule has 0 unspecified atom stereocenters. The lowest BCUT2D eigenvalue weighted by Crippen LogP contribution is -2.41. The molecular weight excluding hydrogens is 372 g/mol. The van der Waals surface area contributed by atoms with Gasteiger partial charge in [-0.15, -0.1) is 0 Å². The molecule has 2 N–H and O–H groups in total. The van der Waals surface area contributed by atoms with E-state index in [4.69, 9.17) is 9.47 Å². The minimum Gasteiger partial charge on any atom is -0.490 e. The fourth-order valence-electron chi connectivity index (χ4n) is 2.43. The van der Waals surface area contributed by atoms with Crippen molar-refractivity contribution in [3.05, 3.63) is 83.9 Å². The van der Waals surface area contributed by atoms with Crippen molar-refractivity contribution < 1.29 is 19.1 Å². The minimum absolute atomic E-state index is 0.196. The molecule has 0 saturated heterocycles. The fraction of sp³-hybridized carbons (Fsp3) is 0.143. The van der Waals surface area contributed by atoms with Crippen molar-refractivity contribution in [1.82, 2.24) is 20.8 Å². The van der Waals surface area contributed by atoms with E-state index in [9.17, 15) is 9.59 Å². The average molecular weight is 392 g/mol. The molecule has 3 aromatic rings. The fourth-order valence-corrected chi connectivity index (χ4v) is 2.43. The third-order valence-electron chi connectivity index (χ3n) is 3.81. The molecule has 0 aliphatic rings. The van der Waals surface area contributed by atoms with Crippen molar-refractivity contribution in [3.8, 4) is 11.5 Å². The van der Waals surface area contributed by atoms with Crippen LogP contribution in [0.25, 0.3) is 0 Å². The second kappa shape index (κ2) is 9.84. The Balaban J connectivity index is 1.65. The number of ether oxygens (including phenoxy) is 2. The number of amides is 2. The van der Waals surface area contributed by atoms with E-state index >= 15 is 0 Å². The van der Waals surface area contributed by atoms with E-state index in [1.54, 1.807) is 48.8 Å². The Morgan fingerprint density at radius 2 is 1.79 bits per heavy atom. The van der Waals surface area contributed by atoms with Gasteiger partial charge in [-0.2, -0.15) is 0 Å². The summed E-state index contributed by atoms with van der Waals surface area (Å²) >= 11 is 0. The molecule has 0 bridgehead atoms. The Kier molecular flexibility index (Phi) is 6.72. The molecule has 2 amide bonds. The Labute approximate surface area is 167 Å². The standard InChI is InChI=1S/C21H20N4O4/c1-2-28-19-12-16(8-9-18(19)29-14-15-6-5-10-22-13-15)20(26)24-25-21(27)17-7-3-4-11-23-17/h3-13H,2,14H2,1H3,(H,24,26)(H,25,27). The molecule has 29 heavy (non-hydrogen) atoms. The number of pyridine rings is 2. The Hall–Kier alpha value is -3.94. The van der Waals surface area contributed by atoms with Crippen LogP contribution in [0.15, 0.2) is 67.1 Å². The van der Waals surface area contributed by atoms with E-state index in [1.165, 1.54) is 6.20 Å². The smallest absolute Gasteiger partial charge is 0.288 e. The van der Waals surface area contributed by atoms with E-state index < -0.39 is 11.8 Å². The zero-order chi connectivity index (χ0) is 20.5. The molecule has 2 heterocycles. The van der Waals surface area contributed by atoms with Crippen molar-refractivity contribution >= 4 is 11.8 Å². The van der Waals surface area contributed by atoms with Crippen LogP contribution in [-0.2, 0) is 6.61 Å². The number of hydrogen-bond acceptors (Lipinski definition) is 6. The van der Waals surface area contributed by atoms with Crippen LogP contribution in [0.4, 0.5) is 0 Å². The molecule has 148 valence electrons. The first kappa shape index (κ1) is 19.8. The van der Waals surface area contributed by atoms with Crippen molar-refractivity contribution in [3.63, 3.8) is 0 Å². The summed E-state index contributed by atoms with van der Waals surface area (Å²) in [5.74, 6) is -0.0701. The third kappa shape index (κ3) is 5.52. The van der Waals surface area contributed by atoms with E-state index in [0.29, 0.717) is 30.3 Å². The molecule has 3 rings (SSSR count). The lowest BCUT2D eigenvalue weighted by molar-refractivity contribution is 0.0843. The predicted molar refractivity (Wildman–Crippen MR) is 105 cm³/mol. The molecule has 0 aliphatic heterocycles. The molecule has 0 atom stereocenters. The number of hydrazine groups is 1. The second-order valence-corrected chi connectivity index (χ2v) is 5.87. The maximum atomic E-state index is 12.4. The van der Waals surface area contributed by atoms with Gasteiger partial charge in [0, 0.05) is 29.7 Å². The summed E-state index contributed by atoms with van der Waals surface area (Å²) in [5, 5.41) is 0. The highest BCUT2D eigenvalue weighted by atomic mass is 16.5. The summed E-state index contributed by atoms with van der Waals surface area (Å²) in [4.78, 5) is 32.3. The first-order chi connectivity index (χ1) is 14.2. The number of carbonyl (C=O) groups is 2. The molecule has 1 aromatic carbocycles. The molecule has 0 saturated carbocycles. The van der Waals surface area contributed by atoms with Gasteiger partial charge in [0.05, 0.1) is 6.61 Å². The van der Waals surface area contributed by atoms with Gasteiger partial charge in [-0.3, -0.25) is 30.4 Å². The number of carbonyl (C=O) groups excluding carboxylic acids is 2. The van der Waals surface area contributed by atoms with Crippen LogP contribution in [-0.4, -0.2) is 28.4 Å². The van der Waals surface area contributed by atoms with Crippen LogP contribution < -0.4 is 20.3 Å². The van der Waals surface area contributed by atoms with E-state index in [1.807, 2.05) is 19.1 Å². The Morgan fingerprint density at radius 3 is 2.52 bits per heavy atom. The molecule has 0 aliphatic carbocycles. The quantitative estimate of drug-likeness (QED) is 0.599. The molecule has 0 radical (unpaired) electrons. The van der Waals surface area contributed by atoms with Crippen LogP contribution in [0.5, 0.6) is 11.5 Å². The van der Waals surface area contributed by atoms with Gasteiger partial charge in [0.2, 0.25) is 0 Å². The van der Waals surface area contributed by atoms with Gasteiger partial charge in [0.1, 0.15) is 12.3 Å². The maximum Gasteiger partial charge on any atom is 0.288 e. The topological polar surface area (TPSA) is 102 Å². The molecule has 0 spiro atoms. The number of nitrogens with zero attached hydrogens (tertiary/aromatic N) is 2. The van der Waals surface area contributed by atoms with Crippen LogP contribution in [0.3, 0.4) is 0 Å². The summed E-state index contributed by atoms with van der Waals surface area (Å²) in [6, 6.07) is 13.5. The normalized spacial score (nSPS) is 10.1. The summed E-state index contributed by atoms with van der Waals surface area (Å²) in [7, 11) is 0. The van der Waals surface area contributed by atoms with Gasteiger partial charge in [0.15, 0.2) is 11.5 Å². The van der Waals surface area contributed by atoms with Crippen molar-refractivity contribution in [2.75, 3.05) is 6.61 Å². The summed E-state index contributed by atoms with van der Waals surface area (Å²) < 4.78 is 11.4. The number of hydrogen-bond donors (Lipinski definition) is 2. The minimum atomic E-state index is -0.514. The zero-order valence-corrected chi connectivity index (χ0v) is 15.8. The summed E-state index contributed by atoms with van der Waals surface area (Å²) in [6.45, 7) is 2.56. The van der Waals surface area contributed by atoms with Gasteiger partial charge in [0.25, 0.3) is 11.8 Å². The van der Waals surface area contributed by atoms with Gasteiger partial charge in [-0.1, -0.05) is 12.1 Å². The highest BCUT2D eigenvalue weighted by Gasteiger charge is 2.13. The highest BCUT2D eigenvalue weighted by molar-refractivity contribution is 5.98. The number of nitrogens with one attached hydrogen (secondary N) is 2. The number of rotatable bonds is 7. The number of aromatic nitrogens is 2. The SMILES string of the molecule is CCOc1cc(C(=O)NNC(=O)c2ccccn2)ccc1OCc1cccnc1. The lowest BCUT2D eigenvalue weighted by Gasteiger charge is -2.13. The largest absolute Gasteiger partial charge is 0.490 e. The molecule has 8 heteroatoms. The second-order valence-electron chi connectivity index (χ2n) is 5.87. The molecule has 2 aromatic heterocycles. The molecule has 0 fully saturated rings. The third-order valence-corrected chi connectivity index (χ3v) is 3.81. The van der Waals surface area contributed by atoms with Crippen molar-refractivity contribution in [2.45, 2.75) is 13.5 Å². The van der Waals surface area contributed by atoms with Crippen molar-refractivity contribution in [2.24, 2.45) is 0 Å². The van der Waals surface area contributed by atoms with Crippen LogP contribution in [0.2, 0.25) is 0 Å². The maximum absolute atomic E-state index is 12.4. The first-order valence-electron chi connectivity index (χ1n) is 8.97. The molecular formula is C21H20N4O4. The van der Waals surface area contributed by atoms with Crippen LogP contribution in [0, 0.1) is 0 Å². The van der Waals surface area contributed by atoms with E-state index in [2.05, 4.69) is 20.8 Å². The highest BCUT2D eigenvalue weighted by Crippen LogP contribution is 2.29. The van der Waals surface area contributed by atoms with Gasteiger partial charge in [-0.05, 0) is 43.3 Å². The van der Waals surface area contributed by atoms with Crippen molar-refractivity contribution in [1.29, 1.82) is 0 Å². The van der Waals surface area contributed by atoms with Gasteiger partial charge in [-0.25, -0.2) is 0 Å². The summed E-state index contributed by atoms with van der Waals surface area (Å²) in [5.41, 5.74) is 6.11. The zero-order valence-electron chi connectivity index (χ0n) is 15.8. The van der Waals surface area contributed by atoms with Crippen LogP contribution in [0.1, 0.15) is 33.3 Å². The summed E-state index contributed by atoms with van der Waals surface area (Å²) in [6.07, 6.45) is 4.90. The van der Waals surface area contributed by atoms with Gasteiger partial charge < -0.3 is 9.47 Å². The van der Waals surface area contributed by atoms with E-state index in [0.717, 1.165) is 5.56 Å². The van der Waals surface area contributed by atoms with Gasteiger partial charge >= 0.3 is 0 Å². The van der Waals surface area contributed by atoms with E-state index in [-0.39, 0.29) is 5.69 Å². The lowest BCUT2D eigenvalue weighted by atomic mass is 10.2. The average Bonchev–Trinajstić information content (AvgIpc) is 2.78. The van der Waals surface area contributed by atoms with Crippen LogP contribution >= 0.6 is 0 Å². The first-order valence-corrected chi connectivity index (χ1v) is 8.97. The Bertz CT molecular complexity index is 965. The Morgan fingerprint density at radius 1 is 0.931 bits per heavy atom. The predicted octanol–water partition coefficient (Wildman–Crippen LogP) is 2.53. The number of benzene rings is 1. The molecule has 8 nitrogen and oxygen atoms in total.